The number of hydrogen-bond acceptors (Lipinski definition) is 3. The van der Waals surface area contributed by atoms with E-state index in [1.807, 2.05) is 12.1 Å². The van der Waals surface area contributed by atoms with E-state index >= 15 is 0 Å². The van der Waals surface area contributed by atoms with Crippen LogP contribution in [0.4, 0.5) is 0 Å². The van der Waals surface area contributed by atoms with Crippen LogP contribution in [0.25, 0.3) is 11.0 Å². The van der Waals surface area contributed by atoms with E-state index < -0.39 is 11.1 Å². The van der Waals surface area contributed by atoms with Crippen molar-refractivity contribution in [2.24, 2.45) is 0 Å². The highest BCUT2D eigenvalue weighted by molar-refractivity contribution is 5.97. The fourth-order valence-corrected chi connectivity index (χ4v) is 3.35. The zero-order chi connectivity index (χ0) is 17.4. The number of nitrogens with one attached hydrogen (secondary N) is 3. The van der Waals surface area contributed by atoms with Crippen LogP contribution in [0.5, 0.6) is 0 Å². The van der Waals surface area contributed by atoms with Crippen molar-refractivity contribution < 1.29 is 4.79 Å². The van der Waals surface area contributed by atoms with Gasteiger partial charge in [-0.25, -0.2) is 0 Å². The predicted molar refractivity (Wildman–Crippen MR) is 94.9 cm³/mol. The smallest absolute Gasteiger partial charge is 0.314 e. The highest BCUT2D eigenvalue weighted by Gasteiger charge is 2.20. The Morgan fingerprint density at radius 2 is 1.68 bits per heavy atom. The molecule has 1 aliphatic carbocycles. The first-order valence-corrected chi connectivity index (χ1v) is 8.24. The zero-order valence-electron chi connectivity index (χ0n) is 13.5. The third-order valence-electron chi connectivity index (χ3n) is 4.67. The molecule has 3 aromatic rings. The summed E-state index contributed by atoms with van der Waals surface area (Å²) in [7, 11) is 0. The number of H-pyrrole nitrogens is 2. The van der Waals surface area contributed by atoms with Crippen molar-refractivity contribution in [1.82, 2.24) is 15.3 Å². The third kappa shape index (κ3) is 2.98. The van der Waals surface area contributed by atoms with E-state index in [9.17, 15) is 14.4 Å². The fourth-order valence-electron chi connectivity index (χ4n) is 3.35. The Balaban J connectivity index is 1.55. The first-order chi connectivity index (χ1) is 12.1. The number of aryl methyl sites for hydroxylation is 1. The Morgan fingerprint density at radius 3 is 2.48 bits per heavy atom. The van der Waals surface area contributed by atoms with Crippen LogP contribution in [0, 0.1) is 0 Å². The molecular formula is C19H17N3O3. The predicted octanol–water partition coefficient (Wildman–Crippen LogP) is 1.50. The van der Waals surface area contributed by atoms with Crippen LogP contribution in [-0.2, 0) is 12.8 Å². The van der Waals surface area contributed by atoms with E-state index in [1.165, 1.54) is 11.1 Å². The Bertz CT molecular complexity index is 1080. The molecule has 1 atom stereocenters. The lowest BCUT2D eigenvalue weighted by atomic mass is 9.88. The summed E-state index contributed by atoms with van der Waals surface area (Å²) in [6.07, 6.45) is 2.67. The van der Waals surface area contributed by atoms with Crippen molar-refractivity contribution in [3.05, 3.63) is 79.9 Å². The van der Waals surface area contributed by atoms with Crippen LogP contribution in [-0.4, -0.2) is 21.9 Å². The molecule has 6 heteroatoms. The molecule has 0 saturated heterocycles. The minimum atomic E-state index is -0.728. The number of amides is 1. The molecule has 0 bridgehead atoms. The maximum Gasteiger partial charge on any atom is 0.314 e. The summed E-state index contributed by atoms with van der Waals surface area (Å²) in [5, 5.41) is 3.06. The van der Waals surface area contributed by atoms with E-state index in [0.717, 1.165) is 19.3 Å². The maximum atomic E-state index is 12.5. The molecule has 1 aromatic heterocycles. The Labute approximate surface area is 142 Å². The number of hydrogen-bond donors (Lipinski definition) is 3. The number of fused-ring (bicyclic) bond motifs is 2. The van der Waals surface area contributed by atoms with Gasteiger partial charge in [0.15, 0.2) is 0 Å². The Hall–Kier alpha value is -3.15. The van der Waals surface area contributed by atoms with E-state index in [-0.39, 0.29) is 11.9 Å². The lowest BCUT2D eigenvalue weighted by Crippen LogP contribution is -2.38. The van der Waals surface area contributed by atoms with Crippen LogP contribution < -0.4 is 16.4 Å². The average molecular weight is 335 g/mol. The second-order valence-corrected chi connectivity index (χ2v) is 6.35. The number of carbonyl (C=O) groups is 1. The lowest BCUT2D eigenvalue weighted by molar-refractivity contribution is 0.0934. The van der Waals surface area contributed by atoms with Gasteiger partial charge in [0.05, 0.1) is 11.0 Å². The van der Waals surface area contributed by atoms with Gasteiger partial charge in [0.25, 0.3) is 5.91 Å². The SMILES string of the molecule is O=C(N[C@H]1CCc2ccccc2C1)c1ccc2[nH]c(=O)c(=O)[nH]c2c1. The average Bonchev–Trinajstić information content (AvgIpc) is 2.62. The maximum absolute atomic E-state index is 12.5. The molecule has 0 unspecified atom stereocenters. The Kier molecular flexibility index (Phi) is 3.72. The fraction of sp³-hybridized carbons (Fsp3) is 0.211. The minimum absolute atomic E-state index is 0.0905. The quantitative estimate of drug-likeness (QED) is 0.620. The van der Waals surface area contributed by atoms with Crippen molar-refractivity contribution in [3.8, 4) is 0 Å². The number of carbonyl (C=O) groups excluding carboxylic acids is 1. The van der Waals surface area contributed by atoms with Gasteiger partial charge in [-0.2, -0.15) is 0 Å². The molecule has 1 aliphatic rings. The normalized spacial score (nSPS) is 16.4. The molecule has 3 N–H and O–H groups in total. The van der Waals surface area contributed by atoms with Crippen molar-refractivity contribution in [2.45, 2.75) is 25.3 Å². The lowest BCUT2D eigenvalue weighted by Gasteiger charge is -2.25. The first kappa shape index (κ1) is 15.4. The van der Waals surface area contributed by atoms with Crippen LogP contribution in [0.1, 0.15) is 27.9 Å². The summed E-state index contributed by atoms with van der Waals surface area (Å²) in [5.41, 5.74) is 2.58. The van der Waals surface area contributed by atoms with Crippen LogP contribution in [0.2, 0.25) is 0 Å². The first-order valence-electron chi connectivity index (χ1n) is 8.24. The molecule has 1 amide bonds. The van der Waals surface area contributed by atoms with Gasteiger partial charge in [0, 0.05) is 11.6 Å². The second kappa shape index (κ2) is 6.05. The third-order valence-corrected chi connectivity index (χ3v) is 4.67. The van der Waals surface area contributed by atoms with Crippen molar-refractivity contribution in [3.63, 3.8) is 0 Å². The summed E-state index contributed by atoms with van der Waals surface area (Å²) in [6, 6.07) is 13.2. The molecule has 6 nitrogen and oxygen atoms in total. The number of benzene rings is 2. The van der Waals surface area contributed by atoms with E-state index in [2.05, 4.69) is 27.4 Å². The Morgan fingerprint density at radius 1 is 0.960 bits per heavy atom. The van der Waals surface area contributed by atoms with Crippen molar-refractivity contribution >= 4 is 16.9 Å². The van der Waals surface area contributed by atoms with Gasteiger partial charge >= 0.3 is 11.1 Å². The van der Waals surface area contributed by atoms with Gasteiger partial charge in [0.1, 0.15) is 0 Å². The zero-order valence-corrected chi connectivity index (χ0v) is 13.5. The highest BCUT2D eigenvalue weighted by atomic mass is 16.2. The van der Waals surface area contributed by atoms with E-state index in [1.54, 1.807) is 18.2 Å². The van der Waals surface area contributed by atoms with Gasteiger partial charge in [-0.1, -0.05) is 24.3 Å². The molecule has 126 valence electrons. The van der Waals surface area contributed by atoms with Crippen LogP contribution in [0.15, 0.2) is 52.1 Å². The monoisotopic (exact) mass is 335 g/mol. The molecule has 1 heterocycles. The van der Waals surface area contributed by atoms with Gasteiger partial charge in [-0.3, -0.25) is 14.4 Å². The van der Waals surface area contributed by atoms with Gasteiger partial charge < -0.3 is 15.3 Å². The number of rotatable bonds is 2. The van der Waals surface area contributed by atoms with Crippen LogP contribution >= 0.6 is 0 Å². The molecule has 0 radical (unpaired) electrons. The molecule has 25 heavy (non-hydrogen) atoms. The van der Waals surface area contributed by atoms with Gasteiger partial charge in [0.2, 0.25) is 0 Å². The van der Waals surface area contributed by atoms with Crippen LogP contribution in [0.3, 0.4) is 0 Å². The number of aromatic amines is 2. The molecular weight excluding hydrogens is 318 g/mol. The molecule has 0 saturated carbocycles. The second-order valence-electron chi connectivity index (χ2n) is 6.35. The topological polar surface area (TPSA) is 94.8 Å². The van der Waals surface area contributed by atoms with E-state index in [0.29, 0.717) is 16.6 Å². The van der Waals surface area contributed by atoms with Crippen molar-refractivity contribution in [2.75, 3.05) is 0 Å². The van der Waals surface area contributed by atoms with Gasteiger partial charge in [-0.15, -0.1) is 0 Å². The summed E-state index contributed by atoms with van der Waals surface area (Å²) in [5.74, 6) is -0.182. The highest BCUT2D eigenvalue weighted by Crippen LogP contribution is 2.21. The standard InChI is InChI=1S/C19H17N3O3/c23-17(20-14-7-5-11-3-1-2-4-12(11)9-14)13-6-8-15-16(10-13)22-19(25)18(24)21-15/h1-4,6,8,10,14H,5,7,9H2,(H,20,23)(H,21,24)(H,22,25)/t14-/m0/s1. The molecule has 0 spiro atoms. The van der Waals surface area contributed by atoms with Gasteiger partial charge in [-0.05, 0) is 48.6 Å². The largest absolute Gasteiger partial charge is 0.349 e. The van der Waals surface area contributed by atoms with Crippen molar-refractivity contribution in [1.29, 1.82) is 0 Å². The molecule has 4 rings (SSSR count). The summed E-state index contributed by atoms with van der Waals surface area (Å²) in [6.45, 7) is 0. The minimum Gasteiger partial charge on any atom is -0.349 e. The molecule has 0 fully saturated rings. The van der Waals surface area contributed by atoms with E-state index in [4.69, 9.17) is 0 Å². The number of aromatic nitrogens is 2. The molecule has 2 aromatic carbocycles. The summed E-state index contributed by atoms with van der Waals surface area (Å²) in [4.78, 5) is 40.3. The molecule has 0 aliphatic heterocycles. The summed E-state index contributed by atoms with van der Waals surface area (Å²) >= 11 is 0. The summed E-state index contributed by atoms with van der Waals surface area (Å²) < 4.78 is 0.